The smallest absolute Gasteiger partial charge is 0.239 e. The van der Waals surface area contributed by atoms with Gasteiger partial charge in [0, 0.05) is 7.05 Å². The first-order valence-corrected chi connectivity index (χ1v) is 6.19. The molecule has 0 aliphatic carbocycles. The summed E-state index contributed by atoms with van der Waals surface area (Å²) in [5, 5.41) is 0.571. The van der Waals surface area contributed by atoms with Crippen molar-refractivity contribution in [3.05, 3.63) is 28.8 Å². The van der Waals surface area contributed by atoms with Crippen LogP contribution in [-0.4, -0.2) is 37.0 Å². The molecule has 1 atom stereocenters. The molecular formula is C13H19ClN2O2. The SMILES string of the molecule is Cc1ccc(Cl)c(OCCN(C)C(=O)C(C)N)c1. The van der Waals surface area contributed by atoms with E-state index in [9.17, 15) is 4.79 Å². The van der Waals surface area contributed by atoms with Crippen molar-refractivity contribution in [1.29, 1.82) is 0 Å². The first-order valence-electron chi connectivity index (χ1n) is 5.81. The van der Waals surface area contributed by atoms with Gasteiger partial charge in [0.05, 0.1) is 17.6 Å². The fourth-order valence-corrected chi connectivity index (χ4v) is 1.64. The topological polar surface area (TPSA) is 55.6 Å². The minimum absolute atomic E-state index is 0.103. The number of benzene rings is 1. The van der Waals surface area contributed by atoms with E-state index in [1.807, 2.05) is 19.1 Å². The predicted octanol–water partition coefficient (Wildman–Crippen LogP) is 1.83. The number of nitrogens with two attached hydrogens (primary N) is 1. The van der Waals surface area contributed by atoms with Gasteiger partial charge in [0.1, 0.15) is 12.4 Å². The third kappa shape index (κ3) is 4.20. The second-order valence-electron chi connectivity index (χ2n) is 4.33. The van der Waals surface area contributed by atoms with Crippen LogP contribution >= 0.6 is 11.6 Å². The van der Waals surface area contributed by atoms with E-state index < -0.39 is 6.04 Å². The van der Waals surface area contributed by atoms with Gasteiger partial charge in [-0.1, -0.05) is 17.7 Å². The third-order valence-electron chi connectivity index (χ3n) is 2.54. The van der Waals surface area contributed by atoms with Crippen molar-refractivity contribution in [3.63, 3.8) is 0 Å². The van der Waals surface area contributed by atoms with Crippen LogP contribution in [0.2, 0.25) is 5.02 Å². The number of hydrogen-bond donors (Lipinski definition) is 1. The Kier molecular flexibility index (Phi) is 5.44. The molecule has 100 valence electrons. The lowest BCUT2D eigenvalue weighted by atomic mass is 10.2. The van der Waals surface area contributed by atoms with Crippen LogP contribution in [0, 0.1) is 6.92 Å². The highest BCUT2D eigenvalue weighted by atomic mass is 35.5. The summed E-state index contributed by atoms with van der Waals surface area (Å²) >= 11 is 6.00. The zero-order chi connectivity index (χ0) is 13.7. The Hall–Kier alpha value is -1.26. The summed E-state index contributed by atoms with van der Waals surface area (Å²) in [6.07, 6.45) is 0. The van der Waals surface area contributed by atoms with Crippen molar-refractivity contribution in [2.45, 2.75) is 19.9 Å². The second-order valence-corrected chi connectivity index (χ2v) is 4.74. The van der Waals surface area contributed by atoms with Crippen LogP contribution in [0.15, 0.2) is 18.2 Å². The van der Waals surface area contributed by atoms with Gasteiger partial charge in [-0.3, -0.25) is 4.79 Å². The molecule has 1 amide bonds. The third-order valence-corrected chi connectivity index (χ3v) is 2.85. The molecule has 18 heavy (non-hydrogen) atoms. The van der Waals surface area contributed by atoms with Gasteiger partial charge < -0.3 is 15.4 Å². The molecule has 2 N–H and O–H groups in total. The first-order chi connectivity index (χ1) is 8.41. The summed E-state index contributed by atoms with van der Waals surface area (Å²) < 4.78 is 5.55. The van der Waals surface area contributed by atoms with E-state index in [0.717, 1.165) is 5.56 Å². The number of amides is 1. The highest BCUT2D eigenvalue weighted by Gasteiger charge is 2.13. The summed E-state index contributed by atoms with van der Waals surface area (Å²) in [6, 6.07) is 5.09. The summed E-state index contributed by atoms with van der Waals surface area (Å²) in [7, 11) is 1.70. The van der Waals surface area contributed by atoms with Crippen molar-refractivity contribution in [2.24, 2.45) is 5.73 Å². The normalized spacial score (nSPS) is 12.1. The number of halogens is 1. The van der Waals surface area contributed by atoms with E-state index in [2.05, 4.69) is 0 Å². The zero-order valence-corrected chi connectivity index (χ0v) is 11.7. The van der Waals surface area contributed by atoms with Gasteiger partial charge in [0.15, 0.2) is 0 Å². The van der Waals surface area contributed by atoms with Gasteiger partial charge in [-0.2, -0.15) is 0 Å². The quantitative estimate of drug-likeness (QED) is 0.888. The monoisotopic (exact) mass is 270 g/mol. The minimum atomic E-state index is -0.488. The van der Waals surface area contributed by atoms with Crippen molar-refractivity contribution in [3.8, 4) is 5.75 Å². The van der Waals surface area contributed by atoms with Crippen LogP contribution in [0.4, 0.5) is 0 Å². The van der Waals surface area contributed by atoms with Gasteiger partial charge in [0.25, 0.3) is 0 Å². The fraction of sp³-hybridized carbons (Fsp3) is 0.462. The number of carbonyl (C=O) groups excluding carboxylic acids is 1. The summed E-state index contributed by atoms with van der Waals surface area (Å²) in [4.78, 5) is 13.1. The van der Waals surface area contributed by atoms with Crippen molar-refractivity contribution in [1.82, 2.24) is 4.90 Å². The Morgan fingerprint density at radius 3 is 2.83 bits per heavy atom. The molecule has 1 aromatic carbocycles. The predicted molar refractivity (Wildman–Crippen MR) is 73.0 cm³/mol. The fourth-order valence-electron chi connectivity index (χ4n) is 1.47. The number of aryl methyl sites for hydroxylation is 1. The van der Waals surface area contributed by atoms with Crippen molar-refractivity contribution < 1.29 is 9.53 Å². The molecule has 1 unspecified atom stereocenters. The minimum Gasteiger partial charge on any atom is -0.490 e. The molecule has 1 rings (SSSR count). The average molecular weight is 271 g/mol. The zero-order valence-electron chi connectivity index (χ0n) is 10.9. The molecule has 0 bridgehead atoms. The van der Waals surface area contributed by atoms with Crippen LogP contribution in [0.1, 0.15) is 12.5 Å². The maximum Gasteiger partial charge on any atom is 0.239 e. The maximum absolute atomic E-state index is 11.5. The molecule has 4 nitrogen and oxygen atoms in total. The van der Waals surface area contributed by atoms with Gasteiger partial charge in [-0.15, -0.1) is 0 Å². The van der Waals surface area contributed by atoms with Crippen LogP contribution in [0.3, 0.4) is 0 Å². The lowest BCUT2D eigenvalue weighted by Gasteiger charge is -2.19. The number of rotatable bonds is 5. The molecule has 0 radical (unpaired) electrons. The molecule has 0 aliphatic heterocycles. The van der Waals surface area contributed by atoms with Crippen molar-refractivity contribution in [2.75, 3.05) is 20.2 Å². The van der Waals surface area contributed by atoms with E-state index in [4.69, 9.17) is 22.1 Å². The molecule has 0 saturated heterocycles. The lowest BCUT2D eigenvalue weighted by molar-refractivity contribution is -0.131. The number of hydrogen-bond acceptors (Lipinski definition) is 3. The van der Waals surface area contributed by atoms with E-state index in [1.54, 1.807) is 24.9 Å². The molecule has 0 aromatic heterocycles. The molecular weight excluding hydrogens is 252 g/mol. The lowest BCUT2D eigenvalue weighted by Crippen LogP contribution is -2.41. The van der Waals surface area contributed by atoms with E-state index in [1.165, 1.54) is 0 Å². The van der Waals surface area contributed by atoms with Gasteiger partial charge in [-0.25, -0.2) is 0 Å². The Balaban J connectivity index is 2.47. The maximum atomic E-state index is 11.5. The van der Waals surface area contributed by atoms with Gasteiger partial charge in [0.2, 0.25) is 5.91 Å². The molecule has 5 heteroatoms. The molecule has 0 heterocycles. The number of likely N-dealkylation sites (N-methyl/N-ethyl adjacent to an activating group) is 1. The van der Waals surface area contributed by atoms with Gasteiger partial charge in [-0.05, 0) is 31.5 Å². The summed E-state index contributed by atoms with van der Waals surface area (Å²) in [6.45, 7) is 4.49. The van der Waals surface area contributed by atoms with Crippen LogP contribution in [0.25, 0.3) is 0 Å². The molecule has 0 saturated carbocycles. The molecule has 0 spiro atoms. The molecule has 1 aromatic rings. The molecule has 0 aliphatic rings. The van der Waals surface area contributed by atoms with Crippen LogP contribution in [-0.2, 0) is 4.79 Å². The Bertz CT molecular complexity index is 421. The van der Waals surface area contributed by atoms with E-state index >= 15 is 0 Å². The van der Waals surface area contributed by atoms with E-state index in [-0.39, 0.29) is 5.91 Å². The summed E-state index contributed by atoms with van der Waals surface area (Å²) in [5.74, 6) is 0.534. The Morgan fingerprint density at radius 2 is 2.22 bits per heavy atom. The van der Waals surface area contributed by atoms with Crippen LogP contribution < -0.4 is 10.5 Å². The largest absolute Gasteiger partial charge is 0.490 e. The average Bonchev–Trinajstić information content (AvgIpc) is 2.32. The van der Waals surface area contributed by atoms with Gasteiger partial charge >= 0.3 is 0 Å². The summed E-state index contributed by atoms with van der Waals surface area (Å²) in [5.41, 5.74) is 6.59. The number of nitrogens with zero attached hydrogens (tertiary/aromatic N) is 1. The van der Waals surface area contributed by atoms with Crippen LogP contribution in [0.5, 0.6) is 5.75 Å². The highest BCUT2D eigenvalue weighted by molar-refractivity contribution is 6.32. The Labute approximate surface area is 113 Å². The number of carbonyl (C=O) groups is 1. The first kappa shape index (κ1) is 14.8. The van der Waals surface area contributed by atoms with E-state index in [0.29, 0.717) is 23.9 Å². The highest BCUT2D eigenvalue weighted by Crippen LogP contribution is 2.25. The Morgan fingerprint density at radius 1 is 1.56 bits per heavy atom. The number of ether oxygens (including phenoxy) is 1. The van der Waals surface area contributed by atoms with Crippen molar-refractivity contribution >= 4 is 17.5 Å². The second kappa shape index (κ2) is 6.61. The standard InChI is InChI=1S/C13H19ClN2O2/c1-9-4-5-11(14)12(8-9)18-7-6-16(3)13(17)10(2)15/h4-5,8,10H,6-7,15H2,1-3H3. The molecule has 0 fully saturated rings.